The van der Waals surface area contributed by atoms with E-state index in [-0.39, 0.29) is 11.4 Å². The topological polar surface area (TPSA) is 95.1 Å². The van der Waals surface area contributed by atoms with Gasteiger partial charge in [0.05, 0.1) is 5.56 Å². The minimum Gasteiger partial charge on any atom is -0.494 e. The third kappa shape index (κ3) is 2.94. The largest absolute Gasteiger partial charge is 0.494 e. The van der Waals surface area contributed by atoms with Gasteiger partial charge in [0.15, 0.2) is 5.88 Å². The van der Waals surface area contributed by atoms with Crippen molar-refractivity contribution in [2.45, 2.75) is 6.54 Å². The van der Waals surface area contributed by atoms with Crippen LogP contribution in [-0.4, -0.2) is 21.0 Å². The summed E-state index contributed by atoms with van der Waals surface area (Å²) in [7, 11) is 0. The maximum Gasteiger partial charge on any atom is 0.251 e. The fraction of sp³-hybridized carbons (Fsp3) is 0.0833. The van der Waals surface area contributed by atoms with Crippen LogP contribution < -0.4 is 10.9 Å². The Hall–Kier alpha value is -2.63. The van der Waals surface area contributed by atoms with E-state index in [1.807, 2.05) is 6.07 Å². The average molecular weight is 245 g/mol. The molecule has 0 aromatic carbocycles. The zero-order chi connectivity index (χ0) is 13.0. The lowest BCUT2D eigenvalue weighted by atomic mass is 10.2. The molecule has 0 saturated carbocycles. The predicted octanol–water partition coefficient (Wildman–Crippen LogP) is 0.406. The zero-order valence-corrected chi connectivity index (χ0v) is 9.38. The Kier molecular flexibility index (Phi) is 3.38. The summed E-state index contributed by atoms with van der Waals surface area (Å²) < 4.78 is 0. The second kappa shape index (κ2) is 5.13. The van der Waals surface area contributed by atoms with E-state index in [0.29, 0.717) is 6.54 Å². The van der Waals surface area contributed by atoms with Gasteiger partial charge in [-0.1, -0.05) is 6.07 Å². The number of hydrogen-bond donors (Lipinski definition) is 3. The van der Waals surface area contributed by atoms with E-state index in [9.17, 15) is 14.7 Å². The summed E-state index contributed by atoms with van der Waals surface area (Å²) in [6.07, 6.45) is 3.27. The third-order valence-electron chi connectivity index (χ3n) is 2.27. The van der Waals surface area contributed by atoms with Crippen molar-refractivity contribution in [2.75, 3.05) is 0 Å². The quantitative estimate of drug-likeness (QED) is 0.729. The van der Waals surface area contributed by atoms with Crippen molar-refractivity contribution < 1.29 is 9.90 Å². The fourth-order valence-corrected chi connectivity index (χ4v) is 1.45. The Bertz CT molecular complexity index is 607. The van der Waals surface area contributed by atoms with Gasteiger partial charge >= 0.3 is 0 Å². The molecule has 0 unspecified atom stereocenters. The van der Waals surface area contributed by atoms with Crippen LogP contribution in [0, 0.1) is 0 Å². The van der Waals surface area contributed by atoms with Gasteiger partial charge in [0.2, 0.25) is 0 Å². The number of nitrogens with one attached hydrogen (secondary N) is 2. The molecule has 0 radical (unpaired) electrons. The molecule has 2 heterocycles. The Labute approximate surface area is 102 Å². The van der Waals surface area contributed by atoms with Crippen molar-refractivity contribution in [3.63, 3.8) is 0 Å². The molecule has 6 nitrogen and oxygen atoms in total. The van der Waals surface area contributed by atoms with Crippen LogP contribution in [0.25, 0.3) is 0 Å². The molecule has 2 aromatic heterocycles. The molecule has 0 saturated heterocycles. The highest BCUT2D eigenvalue weighted by Gasteiger charge is 2.07. The van der Waals surface area contributed by atoms with Gasteiger partial charge in [-0.15, -0.1) is 0 Å². The molecule has 2 rings (SSSR count). The summed E-state index contributed by atoms with van der Waals surface area (Å²) in [6.45, 7) is 0.306. The Morgan fingerprint density at radius 3 is 2.94 bits per heavy atom. The lowest BCUT2D eigenvalue weighted by Gasteiger charge is -2.04. The number of nitrogens with zero attached hydrogens (tertiary/aromatic N) is 1. The number of hydrogen-bond acceptors (Lipinski definition) is 4. The SMILES string of the molecule is O=C(NCc1cccnc1)c1cc(O)[nH]c(=O)c1. The molecule has 1 amide bonds. The summed E-state index contributed by atoms with van der Waals surface area (Å²) in [6, 6.07) is 5.90. The first-order chi connectivity index (χ1) is 8.65. The summed E-state index contributed by atoms with van der Waals surface area (Å²) in [5, 5.41) is 11.8. The van der Waals surface area contributed by atoms with Gasteiger partial charge in [-0.05, 0) is 11.6 Å². The maximum atomic E-state index is 11.7. The first-order valence-corrected chi connectivity index (χ1v) is 5.25. The van der Waals surface area contributed by atoms with Crippen LogP contribution in [0.15, 0.2) is 41.5 Å². The van der Waals surface area contributed by atoms with Crippen LogP contribution in [0.3, 0.4) is 0 Å². The number of carbonyl (C=O) groups excluding carboxylic acids is 1. The number of aromatic amines is 1. The smallest absolute Gasteiger partial charge is 0.251 e. The molecule has 18 heavy (non-hydrogen) atoms. The highest BCUT2D eigenvalue weighted by molar-refractivity contribution is 5.94. The molecule has 3 N–H and O–H groups in total. The van der Waals surface area contributed by atoms with Gasteiger partial charge in [-0.2, -0.15) is 0 Å². The van der Waals surface area contributed by atoms with Gasteiger partial charge in [-0.25, -0.2) is 0 Å². The molecule has 0 fully saturated rings. The fourth-order valence-electron chi connectivity index (χ4n) is 1.45. The molecule has 92 valence electrons. The van der Waals surface area contributed by atoms with Gasteiger partial charge in [-0.3, -0.25) is 19.6 Å². The number of aromatic hydroxyl groups is 1. The second-order valence-electron chi connectivity index (χ2n) is 3.66. The second-order valence-corrected chi connectivity index (χ2v) is 3.66. The van der Waals surface area contributed by atoms with Crippen molar-refractivity contribution in [1.29, 1.82) is 0 Å². The first-order valence-electron chi connectivity index (χ1n) is 5.25. The van der Waals surface area contributed by atoms with Crippen molar-refractivity contribution in [1.82, 2.24) is 15.3 Å². The van der Waals surface area contributed by atoms with E-state index in [1.54, 1.807) is 18.5 Å². The van der Waals surface area contributed by atoms with E-state index in [1.165, 1.54) is 6.07 Å². The molecule has 0 aliphatic rings. The van der Waals surface area contributed by atoms with Crippen LogP contribution in [0.1, 0.15) is 15.9 Å². The zero-order valence-electron chi connectivity index (χ0n) is 9.38. The first kappa shape index (κ1) is 11.8. The van der Waals surface area contributed by atoms with E-state index in [0.717, 1.165) is 11.6 Å². The van der Waals surface area contributed by atoms with Crippen molar-refractivity contribution in [3.05, 3.63) is 58.1 Å². The van der Waals surface area contributed by atoms with E-state index in [2.05, 4.69) is 15.3 Å². The molecule has 0 aliphatic heterocycles. The van der Waals surface area contributed by atoms with E-state index in [4.69, 9.17) is 0 Å². The lowest BCUT2D eigenvalue weighted by molar-refractivity contribution is 0.0950. The highest BCUT2D eigenvalue weighted by Crippen LogP contribution is 2.04. The van der Waals surface area contributed by atoms with E-state index >= 15 is 0 Å². The van der Waals surface area contributed by atoms with Gasteiger partial charge < -0.3 is 10.4 Å². The number of rotatable bonds is 3. The number of amides is 1. The minimum atomic E-state index is -0.526. The predicted molar refractivity (Wildman–Crippen MR) is 64.1 cm³/mol. The summed E-state index contributed by atoms with van der Waals surface area (Å²) in [5.74, 6) is -0.769. The van der Waals surface area contributed by atoms with Crippen LogP contribution >= 0.6 is 0 Å². The maximum absolute atomic E-state index is 11.7. The van der Waals surface area contributed by atoms with Crippen LogP contribution in [-0.2, 0) is 6.54 Å². The highest BCUT2D eigenvalue weighted by atomic mass is 16.3. The molecule has 6 heteroatoms. The molecule has 0 atom stereocenters. The van der Waals surface area contributed by atoms with Crippen molar-refractivity contribution in [2.24, 2.45) is 0 Å². The van der Waals surface area contributed by atoms with Gasteiger partial charge in [0.25, 0.3) is 11.5 Å². The Balaban J connectivity index is 2.06. The van der Waals surface area contributed by atoms with Crippen LogP contribution in [0.2, 0.25) is 0 Å². The average Bonchev–Trinajstić information content (AvgIpc) is 2.36. The van der Waals surface area contributed by atoms with Gasteiger partial charge in [0, 0.05) is 31.1 Å². The minimum absolute atomic E-state index is 0.111. The number of aromatic nitrogens is 2. The number of pyridine rings is 2. The molecule has 0 spiro atoms. The molecular weight excluding hydrogens is 234 g/mol. The van der Waals surface area contributed by atoms with Crippen LogP contribution in [0.4, 0.5) is 0 Å². The van der Waals surface area contributed by atoms with Crippen molar-refractivity contribution >= 4 is 5.91 Å². The summed E-state index contributed by atoms with van der Waals surface area (Å²) >= 11 is 0. The van der Waals surface area contributed by atoms with Crippen LogP contribution in [0.5, 0.6) is 5.88 Å². The lowest BCUT2D eigenvalue weighted by Crippen LogP contribution is -2.24. The number of carbonyl (C=O) groups is 1. The molecule has 2 aromatic rings. The third-order valence-corrected chi connectivity index (χ3v) is 2.27. The molecule has 0 bridgehead atoms. The van der Waals surface area contributed by atoms with Crippen molar-refractivity contribution in [3.8, 4) is 5.88 Å². The van der Waals surface area contributed by atoms with Gasteiger partial charge in [0.1, 0.15) is 0 Å². The Morgan fingerprint density at radius 2 is 2.28 bits per heavy atom. The Morgan fingerprint density at radius 1 is 1.44 bits per heavy atom. The monoisotopic (exact) mass is 245 g/mol. The van der Waals surface area contributed by atoms with E-state index < -0.39 is 11.5 Å². The summed E-state index contributed by atoms with van der Waals surface area (Å²) in [4.78, 5) is 28.9. The molecular formula is C12H11N3O3. The summed E-state index contributed by atoms with van der Waals surface area (Å²) in [5.41, 5.74) is 0.432. The standard InChI is InChI=1S/C12H11N3O3/c16-10-4-9(5-11(17)15-10)12(18)14-7-8-2-1-3-13-6-8/h1-6H,7H2,(H,14,18)(H2,15,16,17). The normalized spacial score (nSPS) is 10.0. The molecule has 0 aliphatic carbocycles. The number of H-pyrrole nitrogens is 1.